The Hall–Kier alpha value is -1.30. The zero-order valence-corrected chi connectivity index (χ0v) is 11.9. The summed E-state index contributed by atoms with van der Waals surface area (Å²) in [5.41, 5.74) is 0. The quantitative estimate of drug-likeness (QED) is 0.261. The molecule has 0 radical (unpaired) electrons. The number of carbonyl (C=O) groups excluding carboxylic acids is 1. The maximum atomic E-state index is 11.5. The minimum Gasteiger partial charge on any atom is -0.477 e. The molecule has 1 rings (SSSR count). The van der Waals surface area contributed by atoms with E-state index < -0.39 is 61.1 Å². The maximum Gasteiger partial charge on any atom is 0.364 e. The van der Waals surface area contributed by atoms with E-state index in [9.17, 15) is 30.0 Å². The summed E-state index contributed by atoms with van der Waals surface area (Å²) in [4.78, 5) is 22.5. The van der Waals surface area contributed by atoms with Gasteiger partial charge in [-0.05, 0) is 0 Å². The lowest BCUT2D eigenvalue weighted by atomic mass is 9.88. The highest BCUT2D eigenvalue weighted by Crippen LogP contribution is 2.30. The number of amides is 1. The van der Waals surface area contributed by atoms with Gasteiger partial charge in [-0.25, -0.2) is 4.79 Å². The SMILES string of the molecule is CCC(=O)N[C@H]1C([C@@H](O)[C@H](O)CO)O[C@](O)(C(=O)O)C[C@@H]1O. The summed E-state index contributed by atoms with van der Waals surface area (Å²) in [5, 5.41) is 59.4. The fourth-order valence-corrected chi connectivity index (χ4v) is 2.19. The number of nitrogens with one attached hydrogen (secondary N) is 1. The predicted molar refractivity (Wildman–Crippen MR) is 69.4 cm³/mol. The number of carboxylic acids is 1. The number of ether oxygens (including phenoxy) is 1. The monoisotopic (exact) mass is 323 g/mol. The summed E-state index contributed by atoms with van der Waals surface area (Å²) in [5.74, 6) is -5.08. The van der Waals surface area contributed by atoms with Gasteiger partial charge >= 0.3 is 5.97 Å². The number of rotatable bonds is 6. The third-order valence-corrected chi connectivity index (χ3v) is 3.49. The van der Waals surface area contributed by atoms with E-state index in [4.69, 9.17) is 14.9 Å². The lowest BCUT2D eigenvalue weighted by molar-refractivity contribution is -0.295. The van der Waals surface area contributed by atoms with Crippen molar-refractivity contribution in [2.45, 2.75) is 56.0 Å². The smallest absolute Gasteiger partial charge is 0.364 e. The second kappa shape index (κ2) is 7.31. The second-order valence-corrected chi connectivity index (χ2v) is 5.13. The Kier molecular flexibility index (Phi) is 6.23. The largest absolute Gasteiger partial charge is 0.477 e. The summed E-state index contributed by atoms with van der Waals surface area (Å²) in [6.45, 7) is 0.671. The second-order valence-electron chi connectivity index (χ2n) is 5.13. The highest BCUT2D eigenvalue weighted by Gasteiger charge is 2.53. The molecule has 1 unspecified atom stereocenters. The molecule has 0 aromatic heterocycles. The van der Waals surface area contributed by atoms with Crippen LogP contribution in [0.3, 0.4) is 0 Å². The normalized spacial score (nSPS) is 34.7. The zero-order chi connectivity index (χ0) is 17.1. The number of hydrogen-bond donors (Lipinski definition) is 7. The van der Waals surface area contributed by atoms with Crippen molar-refractivity contribution in [1.82, 2.24) is 5.32 Å². The first-order valence-corrected chi connectivity index (χ1v) is 6.74. The van der Waals surface area contributed by atoms with Crippen LogP contribution in [0, 0.1) is 0 Å². The van der Waals surface area contributed by atoms with Gasteiger partial charge in [0.25, 0.3) is 5.79 Å². The third kappa shape index (κ3) is 3.91. The molecular weight excluding hydrogens is 302 g/mol. The molecule has 7 N–H and O–H groups in total. The van der Waals surface area contributed by atoms with E-state index in [1.165, 1.54) is 6.92 Å². The summed E-state index contributed by atoms with van der Waals surface area (Å²) in [6, 6.07) is -1.26. The summed E-state index contributed by atoms with van der Waals surface area (Å²) >= 11 is 0. The van der Waals surface area contributed by atoms with Gasteiger partial charge in [0.05, 0.1) is 18.8 Å². The Labute approximate surface area is 125 Å². The molecule has 6 atom stereocenters. The van der Waals surface area contributed by atoms with Crippen LogP contribution in [0.5, 0.6) is 0 Å². The van der Waals surface area contributed by atoms with Crippen molar-refractivity contribution in [2.75, 3.05) is 6.61 Å². The molecular formula is C12H21NO9. The summed E-state index contributed by atoms with van der Waals surface area (Å²) in [7, 11) is 0. The molecule has 1 fully saturated rings. The molecule has 1 heterocycles. The van der Waals surface area contributed by atoms with Gasteiger partial charge in [-0.2, -0.15) is 0 Å². The molecule has 10 heteroatoms. The lowest BCUT2D eigenvalue weighted by Gasteiger charge is -2.44. The van der Waals surface area contributed by atoms with Gasteiger partial charge in [0, 0.05) is 12.8 Å². The van der Waals surface area contributed by atoms with Crippen molar-refractivity contribution in [3.63, 3.8) is 0 Å². The molecule has 128 valence electrons. The van der Waals surface area contributed by atoms with Crippen molar-refractivity contribution in [3.8, 4) is 0 Å². The zero-order valence-electron chi connectivity index (χ0n) is 11.9. The van der Waals surface area contributed by atoms with Crippen LogP contribution in [0.4, 0.5) is 0 Å². The molecule has 0 aromatic carbocycles. The molecule has 1 amide bonds. The third-order valence-electron chi connectivity index (χ3n) is 3.49. The maximum absolute atomic E-state index is 11.5. The highest BCUT2D eigenvalue weighted by atomic mass is 16.7. The van der Waals surface area contributed by atoms with Crippen molar-refractivity contribution in [3.05, 3.63) is 0 Å². The van der Waals surface area contributed by atoms with Gasteiger partial charge in [0.15, 0.2) is 0 Å². The fourth-order valence-electron chi connectivity index (χ4n) is 2.19. The summed E-state index contributed by atoms with van der Waals surface area (Å²) in [6.07, 6.45) is -7.42. The molecule has 1 aliphatic rings. The van der Waals surface area contributed by atoms with Gasteiger partial charge in [0.2, 0.25) is 5.91 Å². The molecule has 0 aliphatic carbocycles. The first-order valence-electron chi connectivity index (χ1n) is 6.74. The van der Waals surface area contributed by atoms with Crippen LogP contribution in [-0.2, 0) is 14.3 Å². The van der Waals surface area contributed by atoms with Crippen molar-refractivity contribution in [1.29, 1.82) is 0 Å². The molecule has 0 aromatic rings. The van der Waals surface area contributed by atoms with Crippen LogP contribution in [0.1, 0.15) is 19.8 Å². The van der Waals surface area contributed by atoms with E-state index >= 15 is 0 Å². The molecule has 1 saturated heterocycles. The Balaban J connectivity index is 3.07. The number of carbonyl (C=O) groups is 2. The van der Waals surface area contributed by atoms with Crippen LogP contribution in [0.25, 0.3) is 0 Å². The topological polar surface area (TPSA) is 177 Å². The standard InChI is InChI=1S/C12H21NO9/c1-2-7(17)13-8-5(15)3-12(21,11(19)20)22-10(8)9(18)6(16)4-14/h5-6,8-10,14-16,18,21H,2-4H2,1H3,(H,13,17)(H,19,20)/t5-,6+,8+,9-,10?,12-/m0/s1. The number of aliphatic hydroxyl groups is 5. The highest BCUT2D eigenvalue weighted by molar-refractivity contribution is 5.77. The average Bonchev–Trinajstić information content (AvgIpc) is 2.47. The number of hydrogen-bond acceptors (Lipinski definition) is 8. The van der Waals surface area contributed by atoms with E-state index in [2.05, 4.69) is 5.32 Å². The van der Waals surface area contributed by atoms with Gasteiger partial charge in [-0.15, -0.1) is 0 Å². The Bertz CT molecular complexity index is 417. The van der Waals surface area contributed by atoms with Crippen molar-refractivity contribution < 1.29 is 45.0 Å². The molecule has 0 spiro atoms. The van der Waals surface area contributed by atoms with Crippen LogP contribution in [-0.4, -0.2) is 85.4 Å². The number of carboxylic acid groups (broad SMARTS) is 1. The average molecular weight is 323 g/mol. The van der Waals surface area contributed by atoms with Crippen LogP contribution in [0.2, 0.25) is 0 Å². The molecule has 0 saturated carbocycles. The Morgan fingerprint density at radius 1 is 1.41 bits per heavy atom. The van der Waals surface area contributed by atoms with Gasteiger partial charge in [-0.1, -0.05) is 6.92 Å². The summed E-state index contributed by atoms with van der Waals surface area (Å²) < 4.78 is 4.91. The van der Waals surface area contributed by atoms with Crippen LogP contribution >= 0.6 is 0 Å². The molecule has 22 heavy (non-hydrogen) atoms. The van der Waals surface area contributed by atoms with Gasteiger partial charge < -0.3 is 40.7 Å². The number of aliphatic hydroxyl groups excluding tert-OH is 4. The first-order chi connectivity index (χ1) is 10.2. The van der Waals surface area contributed by atoms with E-state index in [-0.39, 0.29) is 6.42 Å². The van der Waals surface area contributed by atoms with Crippen molar-refractivity contribution >= 4 is 11.9 Å². The van der Waals surface area contributed by atoms with Gasteiger partial charge in [0.1, 0.15) is 18.3 Å². The minimum atomic E-state index is -2.78. The van der Waals surface area contributed by atoms with Crippen molar-refractivity contribution in [2.24, 2.45) is 0 Å². The van der Waals surface area contributed by atoms with E-state index in [1.54, 1.807) is 0 Å². The van der Waals surface area contributed by atoms with E-state index in [0.717, 1.165) is 0 Å². The minimum absolute atomic E-state index is 0.0534. The molecule has 0 bridgehead atoms. The number of aliphatic carboxylic acids is 1. The Morgan fingerprint density at radius 2 is 2.00 bits per heavy atom. The molecule has 10 nitrogen and oxygen atoms in total. The molecule has 1 aliphatic heterocycles. The van der Waals surface area contributed by atoms with Crippen LogP contribution < -0.4 is 5.32 Å². The van der Waals surface area contributed by atoms with Crippen LogP contribution in [0.15, 0.2) is 0 Å². The van der Waals surface area contributed by atoms with E-state index in [0.29, 0.717) is 0 Å². The Morgan fingerprint density at radius 3 is 2.45 bits per heavy atom. The van der Waals surface area contributed by atoms with Gasteiger partial charge in [-0.3, -0.25) is 4.79 Å². The lowest BCUT2D eigenvalue weighted by Crippen LogP contribution is -2.67. The fraction of sp³-hybridized carbons (Fsp3) is 0.833. The predicted octanol–water partition coefficient (Wildman–Crippen LogP) is -3.48. The van der Waals surface area contributed by atoms with E-state index in [1.807, 2.05) is 0 Å². The first kappa shape index (κ1) is 18.7.